The number of benzene rings is 1. The maximum atomic E-state index is 13.7. The fourth-order valence-electron chi connectivity index (χ4n) is 3.03. The Bertz CT molecular complexity index is 568. The van der Waals surface area contributed by atoms with Crippen molar-refractivity contribution in [2.45, 2.75) is 39.5 Å². The predicted molar refractivity (Wildman–Crippen MR) is 92.0 cm³/mol. The number of hydrogen-bond donors (Lipinski definition) is 0. The molecule has 0 bridgehead atoms. The van der Waals surface area contributed by atoms with Crippen LogP contribution in [0.25, 0.3) is 0 Å². The van der Waals surface area contributed by atoms with Gasteiger partial charge in [-0.2, -0.15) is 0 Å². The van der Waals surface area contributed by atoms with Gasteiger partial charge in [0.25, 0.3) is 0 Å². The van der Waals surface area contributed by atoms with Crippen molar-refractivity contribution in [3.63, 3.8) is 0 Å². The smallest absolute Gasteiger partial charge is 0.224 e. The van der Waals surface area contributed by atoms with Gasteiger partial charge in [-0.3, -0.25) is 9.59 Å². The van der Waals surface area contributed by atoms with Crippen LogP contribution < -0.4 is 0 Å². The summed E-state index contributed by atoms with van der Waals surface area (Å²) in [5.41, 5.74) is 0.597. The van der Waals surface area contributed by atoms with E-state index in [1.165, 1.54) is 13.0 Å². The van der Waals surface area contributed by atoms with Gasteiger partial charge in [0.15, 0.2) is 0 Å². The van der Waals surface area contributed by atoms with Crippen LogP contribution in [0.1, 0.15) is 38.7 Å². The van der Waals surface area contributed by atoms with Crippen LogP contribution >= 0.6 is 0 Å². The van der Waals surface area contributed by atoms with Gasteiger partial charge in [-0.25, -0.2) is 4.39 Å². The highest BCUT2D eigenvalue weighted by molar-refractivity contribution is 5.78. The summed E-state index contributed by atoms with van der Waals surface area (Å²) < 4.78 is 13.7. The van der Waals surface area contributed by atoms with E-state index in [4.69, 9.17) is 0 Å². The van der Waals surface area contributed by atoms with Crippen molar-refractivity contribution in [2.75, 3.05) is 26.2 Å². The molecular formula is C19H27FN2O2. The van der Waals surface area contributed by atoms with Crippen LogP contribution in [0.3, 0.4) is 0 Å². The molecule has 1 aromatic carbocycles. The third kappa shape index (κ3) is 5.32. The second kappa shape index (κ2) is 8.81. The number of nitrogens with zero attached hydrogens (tertiary/aromatic N) is 2. The molecule has 0 aromatic heterocycles. The van der Waals surface area contributed by atoms with E-state index in [1.54, 1.807) is 23.1 Å². The molecular weight excluding hydrogens is 307 g/mol. The second-order valence-electron chi connectivity index (χ2n) is 6.66. The zero-order valence-electron chi connectivity index (χ0n) is 14.6. The van der Waals surface area contributed by atoms with E-state index in [9.17, 15) is 14.0 Å². The maximum absolute atomic E-state index is 13.7. The number of likely N-dealkylation sites (tertiary alicyclic amines) is 1. The summed E-state index contributed by atoms with van der Waals surface area (Å²) in [4.78, 5) is 27.6. The molecule has 1 fully saturated rings. The standard InChI is InChI=1S/C19H27FN2O2/c1-15-7-11-22(12-8-15)19(24)10-14-21(16(2)23)13-9-17-5-3-4-6-18(17)20/h3-6,15H,7-14H2,1-2H3. The van der Waals surface area contributed by atoms with Crippen LogP contribution in [-0.4, -0.2) is 47.8 Å². The van der Waals surface area contributed by atoms with Gasteiger partial charge < -0.3 is 9.80 Å². The lowest BCUT2D eigenvalue weighted by molar-refractivity contribution is -0.134. The molecule has 0 radical (unpaired) electrons. The average molecular weight is 334 g/mol. The lowest BCUT2D eigenvalue weighted by Gasteiger charge is -2.31. The molecule has 0 aliphatic carbocycles. The first-order chi connectivity index (χ1) is 11.5. The van der Waals surface area contributed by atoms with E-state index < -0.39 is 0 Å². The second-order valence-corrected chi connectivity index (χ2v) is 6.66. The number of hydrogen-bond acceptors (Lipinski definition) is 2. The van der Waals surface area contributed by atoms with Crippen LogP contribution in [0.4, 0.5) is 4.39 Å². The molecule has 0 atom stereocenters. The molecule has 1 saturated heterocycles. The molecule has 2 amide bonds. The first kappa shape index (κ1) is 18.4. The monoisotopic (exact) mass is 334 g/mol. The van der Waals surface area contributed by atoms with Crippen molar-refractivity contribution in [1.82, 2.24) is 9.80 Å². The van der Waals surface area contributed by atoms with Crippen LogP contribution in [0, 0.1) is 11.7 Å². The van der Waals surface area contributed by atoms with E-state index in [-0.39, 0.29) is 17.6 Å². The number of halogens is 1. The first-order valence-corrected chi connectivity index (χ1v) is 8.74. The molecule has 5 heteroatoms. The molecule has 1 heterocycles. The number of rotatable bonds is 6. The summed E-state index contributed by atoms with van der Waals surface area (Å²) in [6, 6.07) is 6.60. The zero-order chi connectivity index (χ0) is 17.5. The molecule has 132 valence electrons. The maximum Gasteiger partial charge on any atom is 0.224 e. The van der Waals surface area contributed by atoms with Crippen molar-refractivity contribution in [3.8, 4) is 0 Å². The highest BCUT2D eigenvalue weighted by Gasteiger charge is 2.21. The molecule has 24 heavy (non-hydrogen) atoms. The van der Waals surface area contributed by atoms with Crippen molar-refractivity contribution in [3.05, 3.63) is 35.6 Å². The summed E-state index contributed by atoms with van der Waals surface area (Å²) in [6.45, 7) is 6.16. The largest absolute Gasteiger partial charge is 0.343 e. The van der Waals surface area contributed by atoms with Gasteiger partial charge in [-0.05, 0) is 36.8 Å². The average Bonchev–Trinajstić information content (AvgIpc) is 2.56. The number of amides is 2. The van der Waals surface area contributed by atoms with Gasteiger partial charge in [0.05, 0.1) is 0 Å². The first-order valence-electron chi connectivity index (χ1n) is 8.74. The third-order valence-corrected chi connectivity index (χ3v) is 4.79. The Balaban J connectivity index is 1.82. The molecule has 1 aromatic rings. The Kier molecular flexibility index (Phi) is 6.76. The lowest BCUT2D eigenvalue weighted by Crippen LogP contribution is -2.40. The highest BCUT2D eigenvalue weighted by atomic mass is 19.1. The minimum Gasteiger partial charge on any atom is -0.343 e. The van der Waals surface area contributed by atoms with Crippen LogP contribution in [0.5, 0.6) is 0 Å². The van der Waals surface area contributed by atoms with Crippen molar-refractivity contribution in [2.24, 2.45) is 5.92 Å². The van der Waals surface area contributed by atoms with Crippen LogP contribution in [0.15, 0.2) is 24.3 Å². The van der Waals surface area contributed by atoms with Crippen molar-refractivity contribution >= 4 is 11.8 Å². The highest BCUT2D eigenvalue weighted by Crippen LogP contribution is 2.16. The predicted octanol–water partition coefficient (Wildman–Crippen LogP) is 2.87. The van der Waals surface area contributed by atoms with Gasteiger partial charge in [-0.1, -0.05) is 25.1 Å². The van der Waals surface area contributed by atoms with Gasteiger partial charge in [0, 0.05) is 39.5 Å². The van der Waals surface area contributed by atoms with E-state index in [0.717, 1.165) is 25.9 Å². The number of carbonyl (C=O) groups is 2. The Morgan fingerprint density at radius 2 is 1.88 bits per heavy atom. The van der Waals surface area contributed by atoms with Crippen LogP contribution in [-0.2, 0) is 16.0 Å². The fourth-order valence-corrected chi connectivity index (χ4v) is 3.03. The Hall–Kier alpha value is -1.91. The lowest BCUT2D eigenvalue weighted by atomic mass is 9.99. The van der Waals surface area contributed by atoms with E-state index in [0.29, 0.717) is 37.4 Å². The Labute approximate surface area is 143 Å². The molecule has 4 nitrogen and oxygen atoms in total. The van der Waals surface area contributed by atoms with Gasteiger partial charge in [0.2, 0.25) is 11.8 Å². The summed E-state index contributed by atoms with van der Waals surface area (Å²) in [5.74, 6) is 0.466. The third-order valence-electron chi connectivity index (χ3n) is 4.79. The molecule has 2 rings (SSSR count). The normalized spacial score (nSPS) is 15.4. The quantitative estimate of drug-likeness (QED) is 0.803. The Morgan fingerprint density at radius 1 is 1.21 bits per heavy atom. The number of carbonyl (C=O) groups excluding carboxylic acids is 2. The summed E-state index contributed by atoms with van der Waals surface area (Å²) in [7, 11) is 0. The SMILES string of the molecule is CC(=O)N(CCC(=O)N1CCC(C)CC1)CCc1ccccc1F. The summed E-state index contributed by atoms with van der Waals surface area (Å²) >= 11 is 0. The molecule has 0 spiro atoms. The Morgan fingerprint density at radius 3 is 2.50 bits per heavy atom. The van der Waals surface area contributed by atoms with Crippen molar-refractivity contribution < 1.29 is 14.0 Å². The van der Waals surface area contributed by atoms with Gasteiger partial charge >= 0.3 is 0 Å². The fraction of sp³-hybridized carbons (Fsp3) is 0.579. The number of piperidine rings is 1. The summed E-state index contributed by atoms with van der Waals surface area (Å²) in [5, 5.41) is 0. The molecule has 1 aliphatic rings. The molecule has 0 unspecified atom stereocenters. The van der Waals surface area contributed by atoms with Gasteiger partial charge in [-0.15, -0.1) is 0 Å². The zero-order valence-corrected chi connectivity index (χ0v) is 14.6. The summed E-state index contributed by atoms with van der Waals surface area (Å²) in [6.07, 6.45) is 2.90. The van der Waals surface area contributed by atoms with E-state index >= 15 is 0 Å². The van der Waals surface area contributed by atoms with Crippen molar-refractivity contribution in [1.29, 1.82) is 0 Å². The topological polar surface area (TPSA) is 40.6 Å². The van der Waals surface area contributed by atoms with Crippen LogP contribution in [0.2, 0.25) is 0 Å². The minimum absolute atomic E-state index is 0.0774. The van der Waals surface area contributed by atoms with E-state index in [1.807, 2.05) is 4.90 Å². The molecule has 0 saturated carbocycles. The molecule has 1 aliphatic heterocycles. The van der Waals surface area contributed by atoms with Gasteiger partial charge in [0.1, 0.15) is 5.82 Å². The minimum atomic E-state index is -0.250. The van der Waals surface area contributed by atoms with E-state index in [2.05, 4.69) is 6.92 Å². The molecule has 0 N–H and O–H groups in total.